The fourth-order valence-corrected chi connectivity index (χ4v) is 6.26. The largest absolute Gasteiger partial charge is 0.451 e. The van der Waals surface area contributed by atoms with Gasteiger partial charge in [-0.05, 0) is 43.8 Å². The summed E-state index contributed by atoms with van der Waals surface area (Å²) < 4.78 is 60.2. The second-order valence-electron chi connectivity index (χ2n) is 7.55. The van der Waals surface area contributed by atoms with Gasteiger partial charge in [-0.25, -0.2) is 18.4 Å². The average molecular weight is 377 g/mol. The highest BCUT2D eigenvalue weighted by atomic mass is 32.2. The summed E-state index contributed by atoms with van der Waals surface area (Å²) >= 11 is 0. The van der Waals surface area contributed by atoms with E-state index < -0.39 is 21.8 Å². The number of hydrogen-bond acceptors (Lipinski definition) is 5. The van der Waals surface area contributed by atoms with Crippen LogP contribution in [-0.4, -0.2) is 54.4 Å². The van der Waals surface area contributed by atoms with E-state index >= 15 is 0 Å². The fraction of sp³-hybridized carbons (Fsp3) is 0.750. The minimum Gasteiger partial charge on any atom is -0.303 e. The van der Waals surface area contributed by atoms with Gasteiger partial charge >= 0.3 is 6.18 Å². The molecule has 1 atom stereocenters. The van der Waals surface area contributed by atoms with Crippen molar-refractivity contribution in [2.75, 3.05) is 31.1 Å². The Kier molecular flexibility index (Phi) is 4.83. The van der Waals surface area contributed by atoms with E-state index in [0.717, 1.165) is 32.5 Å². The maximum Gasteiger partial charge on any atom is 0.451 e. The Morgan fingerprint density at radius 2 is 1.76 bits per heavy atom. The van der Waals surface area contributed by atoms with Gasteiger partial charge in [0.15, 0.2) is 9.84 Å². The molecule has 140 valence electrons. The number of halogens is 3. The van der Waals surface area contributed by atoms with Crippen molar-refractivity contribution < 1.29 is 21.6 Å². The van der Waals surface area contributed by atoms with E-state index in [1.165, 1.54) is 12.4 Å². The summed E-state index contributed by atoms with van der Waals surface area (Å²) in [5.41, 5.74) is 0.693. The zero-order valence-electron chi connectivity index (χ0n) is 14.1. The minimum atomic E-state index is -4.51. The first-order chi connectivity index (χ1) is 11.6. The molecule has 9 heteroatoms. The number of hydrogen-bond donors (Lipinski definition) is 0. The van der Waals surface area contributed by atoms with Gasteiger partial charge in [0.1, 0.15) is 0 Å². The minimum absolute atomic E-state index is 0.000161. The first-order valence-electron chi connectivity index (χ1n) is 8.38. The van der Waals surface area contributed by atoms with Gasteiger partial charge in [0.2, 0.25) is 5.82 Å². The maximum atomic E-state index is 12.5. The van der Waals surface area contributed by atoms with Crippen molar-refractivity contribution >= 4 is 9.84 Å². The van der Waals surface area contributed by atoms with E-state index in [0.29, 0.717) is 23.5 Å². The zero-order valence-corrected chi connectivity index (χ0v) is 14.9. The Hall–Kier alpha value is -1.22. The number of likely N-dealkylation sites (tertiary alicyclic amines) is 1. The van der Waals surface area contributed by atoms with Crippen molar-refractivity contribution in [3.8, 4) is 0 Å². The van der Waals surface area contributed by atoms with Gasteiger partial charge in [-0.1, -0.05) is 6.92 Å². The Morgan fingerprint density at radius 3 is 2.24 bits per heavy atom. The SMILES string of the molecule is C[C@H](Cc1cnc(C(F)(F)F)nc1)CN1CCC2(CC1)CS(=O)(=O)C2. The molecule has 0 unspecified atom stereocenters. The first-order valence-corrected chi connectivity index (χ1v) is 10.2. The summed E-state index contributed by atoms with van der Waals surface area (Å²) in [6.07, 6.45) is 0.412. The summed E-state index contributed by atoms with van der Waals surface area (Å²) in [5, 5.41) is 0. The average Bonchev–Trinajstić information content (AvgIpc) is 2.47. The van der Waals surface area contributed by atoms with Gasteiger partial charge in [0.05, 0.1) is 11.5 Å². The molecular formula is C16H22F3N3O2S. The molecule has 1 aromatic heterocycles. The molecular weight excluding hydrogens is 355 g/mol. The van der Waals surface area contributed by atoms with Gasteiger partial charge < -0.3 is 4.90 Å². The molecule has 0 bridgehead atoms. The number of aromatic nitrogens is 2. The van der Waals surface area contributed by atoms with Gasteiger partial charge in [0.25, 0.3) is 0 Å². The lowest BCUT2D eigenvalue weighted by molar-refractivity contribution is -0.145. The normalized spacial score (nSPS) is 24.0. The molecule has 0 amide bonds. The van der Waals surface area contributed by atoms with Gasteiger partial charge in [-0.3, -0.25) is 0 Å². The molecule has 3 rings (SSSR count). The van der Waals surface area contributed by atoms with Crippen LogP contribution in [0.4, 0.5) is 13.2 Å². The highest BCUT2D eigenvalue weighted by molar-refractivity contribution is 7.92. The molecule has 0 N–H and O–H groups in total. The van der Waals surface area contributed by atoms with Crippen molar-refractivity contribution in [1.29, 1.82) is 0 Å². The first kappa shape index (κ1) is 18.6. The van der Waals surface area contributed by atoms with Crippen LogP contribution in [0.25, 0.3) is 0 Å². The number of piperidine rings is 1. The molecule has 0 aliphatic carbocycles. The molecule has 1 spiro atoms. The van der Waals surface area contributed by atoms with Crippen LogP contribution in [0.2, 0.25) is 0 Å². The summed E-state index contributed by atoms with van der Waals surface area (Å²) in [6.45, 7) is 4.65. The van der Waals surface area contributed by atoms with Crippen LogP contribution in [0.1, 0.15) is 31.2 Å². The van der Waals surface area contributed by atoms with Crippen molar-refractivity contribution in [1.82, 2.24) is 14.9 Å². The quantitative estimate of drug-likeness (QED) is 0.805. The van der Waals surface area contributed by atoms with Gasteiger partial charge in [0, 0.05) is 24.4 Å². The Balaban J connectivity index is 1.46. The number of alkyl halides is 3. The summed E-state index contributed by atoms with van der Waals surface area (Å²) in [4.78, 5) is 9.10. The lowest BCUT2D eigenvalue weighted by Gasteiger charge is -2.47. The van der Waals surface area contributed by atoms with E-state index in [9.17, 15) is 21.6 Å². The van der Waals surface area contributed by atoms with Crippen molar-refractivity contribution in [2.45, 2.75) is 32.4 Å². The third kappa shape index (κ3) is 4.49. The molecule has 25 heavy (non-hydrogen) atoms. The molecule has 2 aliphatic rings. The van der Waals surface area contributed by atoms with Crippen LogP contribution in [0, 0.1) is 11.3 Å². The zero-order chi connectivity index (χ0) is 18.3. The predicted octanol–water partition coefficient (Wildman–Crippen LogP) is 2.18. The number of rotatable bonds is 4. The molecule has 1 aromatic rings. The Labute approximate surface area is 145 Å². The Morgan fingerprint density at radius 1 is 1.20 bits per heavy atom. The number of sulfone groups is 1. The summed E-state index contributed by atoms with van der Waals surface area (Å²) in [6, 6.07) is 0. The Bertz CT molecular complexity index is 697. The van der Waals surface area contributed by atoms with Crippen LogP contribution >= 0.6 is 0 Å². The highest BCUT2D eigenvalue weighted by Gasteiger charge is 2.49. The van der Waals surface area contributed by atoms with Crippen LogP contribution < -0.4 is 0 Å². The van der Waals surface area contributed by atoms with Crippen LogP contribution in [0.5, 0.6) is 0 Å². The molecule has 2 saturated heterocycles. The van der Waals surface area contributed by atoms with Crippen LogP contribution in [0.3, 0.4) is 0 Å². The van der Waals surface area contributed by atoms with E-state index in [-0.39, 0.29) is 11.3 Å². The molecule has 0 saturated carbocycles. The molecule has 2 aliphatic heterocycles. The molecule has 0 radical (unpaired) electrons. The molecule has 5 nitrogen and oxygen atoms in total. The summed E-state index contributed by atoms with van der Waals surface area (Å²) in [5.74, 6) is -0.196. The van der Waals surface area contributed by atoms with Crippen molar-refractivity contribution in [3.05, 3.63) is 23.8 Å². The topological polar surface area (TPSA) is 63.2 Å². The second-order valence-corrected chi connectivity index (χ2v) is 9.62. The monoisotopic (exact) mass is 377 g/mol. The number of nitrogens with zero attached hydrogens (tertiary/aromatic N) is 3. The second kappa shape index (κ2) is 6.50. The third-order valence-electron chi connectivity index (χ3n) is 5.08. The van der Waals surface area contributed by atoms with Crippen molar-refractivity contribution in [3.63, 3.8) is 0 Å². The van der Waals surface area contributed by atoms with Gasteiger partial charge in [-0.2, -0.15) is 13.2 Å². The standard InChI is InChI=1S/C16H22F3N3O2S/c1-12(6-13-7-20-14(21-8-13)16(17,18)19)9-22-4-2-15(3-5-22)10-25(23,24)11-15/h7-8,12H,2-6,9-11H2,1H3/t12-/m1/s1. The molecule has 2 fully saturated rings. The van der Waals surface area contributed by atoms with E-state index in [2.05, 4.69) is 21.8 Å². The van der Waals surface area contributed by atoms with Crippen molar-refractivity contribution in [2.24, 2.45) is 11.3 Å². The maximum absolute atomic E-state index is 12.5. The lowest BCUT2D eigenvalue weighted by Crippen LogP contribution is -2.55. The van der Waals surface area contributed by atoms with Crippen LogP contribution in [-0.2, 0) is 22.4 Å². The molecule has 3 heterocycles. The van der Waals surface area contributed by atoms with Gasteiger partial charge in [-0.15, -0.1) is 0 Å². The lowest BCUT2D eigenvalue weighted by atomic mass is 9.81. The smallest absolute Gasteiger partial charge is 0.303 e. The van der Waals surface area contributed by atoms with Crippen LogP contribution in [0.15, 0.2) is 12.4 Å². The van der Waals surface area contributed by atoms with E-state index in [4.69, 9.17) is 0 Å². The molecule has 0 aromatic carbocycles. The summed E-state index contributed by atoms with van der Waals surface area (Å²) in [7, 11) is -2.80. The third-order valence-corrected chi connectivity index (χ3v) is 7.19. The predicted molar refractivity (Wildman–Crippen MR) is 86.7 cm³/mol. The fourth-order valence-electron chi connectivity index (χ4n) is 3.90. The van der Waals surface area contributed by atoms with E-state index in [1.54, 1.807) is 0 Å². The van der Waals surface area contributed by atoms with E-state index in [1.807, 2.05) is 0 Å². The highest BCUT2D eigenvalue weighted by Crippen LogP contribution is 2.42.